The van der Waals surface area contributed by atoms with E-state index in [9.17, 15) is 9.59 Å². The van der Waals surface area contributed by atoms with Crippen molar-refractivity contribution in [1.29, 1.82) is 0 Å². The number of aromatic nitrogens is 1. The molecule has 1 aliphatic rings. The largest absolute Gasteiger partial charge is 0.349 e. The highest BCUT2D eigenvalue weighted by atomic mass is 16.2. The molecule has 0 unspecified atom stereocenters. The Morgan fingerprint density at radius 3 is 2.43 bits per heavy atom. The van der Waals surface area contributed by atoms with E-state index >= 15 is 0 Å². The summed E-state index contributed by atoms with van der Waals surface area (Å²) in [6.45, 7) is 1.31. The van der Waals surface area contributed by atoms with Gasteiger partial charge in [0.25, 0.3) is 11.8 Å². The standard InChI is InChI=1S/C17H26N4O2/c1-21(2)12-11-18-16(22)14-9-6-10-15(20-14)17(23)19-13-7-4-3-5-8-13/h6,9-10,13H,3-5,7-8,11-12H2,1-2H3,(H,18,22)(H,19,23). The van der Waals surface area contributed by atoms with Crippen LogP contribution in [0.4, 0.5) is 0 Å². The molecular weight excluding hydrogens is 292 g/mol. The molecule has 6 nitrogen and oxygen atoms in total. The molecule has 0 radical (unpaired) electrons. The first kappa shape index (κ1) is 17.4. The second-order valence-corrected chi connectivity index (χ2v) is 6.28. The number of amides is 2. The molecule has 0 bridgehead atoms. The number of rotatable bonds is 6. The normalized spacial score (nSPS) is 15.4. The van der Waals surface area contributed by atoms with E-state index in [4.69, 9.17) is 0 Å². The molecule has 1 aliphatic carbocycles. The van der Waals surface area contributed by atoms with Gasteiger partial charge < -0.3 is 15.5 Å². The van der Waals surface area contributed by atoms with E-state index in [1.54, 1.807) is 18.2 Å². The number of carbonyl (C=O) groups excluding carboxylic acids is 2. The van der Waals surface area contributed by atoms with Crippen molar-refractivity contribution in [2.24, 2.45) is 0 Å². The van der Waals surface area contributed by atoms with Crippen LogP contribution in [0.3, 0.4) is 0 Å². The first-order valence-electron chi connectivity index (χ1n) is 8.27. The smallest absolute Gasteiger partial charge is 0.270 e. The van der Waals surface area contributed by atoms with E-state index in [1.807, 2.05) is 19.0 Å². The summed E-state index contributed by atoms with van der Waals surface area (Å²) in [6.07, 6.45) is 5.61. The summed E-state index contributed by atoms with van der Waals surface area (Å²) in [6, 6.07) is 5.21. The summed E-state index contributed by atoms with van der Waals surface area (Å²) in [5.74, 6) is -0.445. The highest BCUT2D eigenvalue weighted by Gasteiger charge is 2.18. The zero-order valence-corrected chi connectivity index (χ0v) is 14.0. The number of hydrogen-bond donors (Lipinski definition) is 2. The SMILES string of the molecule is CN(C)CCNC(=O)c1cccc(C(=O)NC2CCCCC2)n1. The third-order valence-corrected chi connectivity index (χ3v) is 4.00. The van der Waals surface area contributed by atoms with E-state index in [0.29, 0.717) is 12.2 Å². The van der Waals surface area contributed by atoms with Gasteiger partial charge in [0.15, 0.2) is 0 Å². The first-order valence-corrected chi connectivity index (χ1v) is 8.27. The van der Waals surface area contributed by atoms with Crippen LogP contribution in [-0.2, 0) is 0 Å². The zero-order valence-electron chi connectivity index (χ0n) is 14.0. The van der Waals surface area contributed by atoms with Crippen molar-refractivity contribution in [3.8, 4) is 0 Å². The fraction of sp³-hybridized carbons (Fsp3) is 0.588. The van der Waals surface area contributed by atoms with Gasteiger partial charge in [-0.05, 0) is 39.1 Å². The Morgan fingerprint density at radius 2 is 1.78 bits per heavy atom. The Hall–Kier alpha value is -1.95. The van der Waals surface area contributed by atoms with Gasteiger partial charge in [0.1, 0.15) is 11.4 Å². The maximum absolute atomic E-state index is 12.3. The number of hydrogen-bond acceptors (Lipinski definition) is 4. The maximum Gasteiger partial charge on any atom is 0.270 e. The van der Waals surface area contributed by atoms with Crippen molar-refractivity contribution in [2.75, 3.05) is 27.2 Å². The third-order valence-electron chi connectivity index (χ3n) is 4.00. The van der Waals surface area contributed by atoms with Gasteiger partial charge in [-0.3, -0.25) is 9.59 Å². The lowest BCUT2D eigenvalue weighted by Gasteiger charge is -2.22. The Labute approximate surface area is 137 Å². The molecular formula is C17H26N4O2. The Bertz CT molecular complexity index is 539. The predicted molar refractivity (Wildman–Crippen MR) is 89.5 cm³/mol. The highest BCUT2D eigenvalue weighted by Crippen LogP contribution is 2.17. The molecule has 0 saturated heterocycles. The summed E-state index contributed by atoms with van der Waals surface area (Å²) in [5.41, 5.74) is 0.580. The van der Waals surface area contributed by atoms with Crippen LogP contribution in [0, 0.1) is 0 Å². The minimum Gasteiger partial charge on any atom is -0.349 e. The van der Waals surface area contributed by atoms with E-state index in [0.717, 1.165) is 32.2 Å². The molecule has 0 aliphatic heterocycles. The number of nitrogens with zero attached hydrogens (tertiary/aromatic N) is 2. The predicted octanol–water partition coefficient (Wildman–Crippen LogP) is 1.44. The third kappa shape index (κ3) is 5.63. The van der Waals surface area contributed by atoms with Gasteiger partial charge in [-0.15, -0.1) is 0 Å². The van der Waals surface area contributed by atoms with Crippen LogP contribution in [0.1, 0.15) is 53.1 Å². The molecule has 1 aromatic rings. The van der Waals surface area contributed by atoms with Gasteiger partial charge in [0.2, 0.25) is 0 Å². The first-order chi connectivity index (χ1) is 11.1. The lowest BCUT2D eigenvalue weighted by atomic mass is 9.95. The molecule has 1 heterocycles. The minimum absolute atomic E-state index is 0.195. The van der Waals surface area contributed by atoms with E-state index < -0.39 is 0 Å². The minimum atomic E-state index is -0.251. The van der Waals surface area contributed by atoms with Gasteiger partial charge in [0, 0.05) is 19.1 Å². The lowest BCUT2D eigenvalue weighted by molar-refractivity contribution is 0.0922. The van der Waals surface area contributed by atoms with Crippen LogP contribution in [0.15, 0.2) is 18.2 Å². The Morgan fingerprint density at radius 1 is 1.13 bits per heavy atom. The zero-order chi connectivity index (χ0) is 16.7. The number of carbonyl (C=O) groups is 2. The number of likely N-dealkylation sites (N-methyl/N-ethyl adjacent to an activating group) is 1. The summed E-state index contributed by atoms with van der Waals surface area (Å²) >= 11 is 0. The summed E-state index contributed by atoms with van der Waals surface area (Å²) in [7, 11) is 3.89. The number of nitrogens with one attached hydrogen (secondary N) is 2. The van der Waals surface area contributed by atoms with Crippen molar-refractivity contribution in [3.05, 3.63) is 29.6 Å². The topological polar surface area (TPSA) is 74.3 Å². The molecule has 126 valence electrons. The van der Waals surface area contributed by atoms with Crippen LogP contribution in [0.2, 0.25) is 0 Å². The second-order valence-electron chi connectivity index (χ2n) is 6.28. The van der Waals surface area contributed by atoms with Crippen molar-refractivity contribution in [1.82, 2.24) is 20.5 Å². The van der Waals surface area contributed by atoms with Crippen LogP contribution >= 0.6 is 0 Å². The van der Waals surface area contributed by atoms with Gasteiger partial charge in [-0.1, -0.05) is 25.3 Å². The van der Waals surface area contributed by atoms with Gasteiger partial charge >= 0.3 is 0 Å². The highest BCUT2D eigenvalue weighted by molar-refractivity contribution is 5.96. The molecule has 2 rings (SSSR count). The molecule has 2 amide bonds. The van der Waals surface area contributed by atoms with Gasteiger partial charge in [-0.25, -0.2) is 4.98 Å². The Balaban J connectivity index is 1.92. The quantitative estimate of drug-likeness (QED) is 0.832. The van der Waals surface area contributed by atoms with Crippen molar-refractivity contribution >= 4 is 11.8 Å². The van der Waals surface area contributed by atoms with Crippen LogP contribution in [-0.4, -0.2) is 54.9 Å². The van der Waals surface area contributed by atoms with E-state index in [2.05, 4.69) is 15.6 Å². The molecule has 23 heavy (non-hydrogen) atoms. The summed E-state index contributed by atoms with van der Waals surface area (Å²) < 4.78 is 0. The average molecular weight is 318 g/mol. The lowest BCUT2D eigenvalue weighted by Crippen LogP contribution is -2.37. The monoisotopic (exact) mass is 318 g/mol. The molecule has 0 atom stereocenters. The summed E-state index contributed by atoms with van der Waals surface area (Å²) in [4.78, 5) is 30.5. The Kier molecular flexibility index (Phi) is 6.52. The van der Waals surface area contributed by atoms with Crippen LogP contribution in [0.5, 0.6) is 0 Å². The second kappa shape index (κ2) is 8.62. The molecule has 0 spiro atoms. The molecule has 1 aromatic heterocycles. The van der Waals surface area contributed by atoms with Crippen molar-refractivity contribution < 1.29 is 9.59 Å². The summed E-state index contributed by atoms with van der Waals surface area (Å²) in [5, 5.41) is 5.82. The molecule has 2 N–H and O–H groups in total. The number of pyridine rings is 1. The van der Waals surface area contributed by atoms with Crippen LogP contribution in [0.25, 0.3) is 0 Å². The van der Waals surface area contributed by atoms with Crippen LogP contribution < -0.4 is 10.6 Å². The maximum atomic E-state index is 12.3. The van der Waals surface area contributed by atoms with E-state index in [1.165, 1.54) is 6.42 Å². The van der Waals surface area contributed by atoms with E-state index in [-0.39, 0.29) is 23.6 Å². The average Bonchev–Trinajstić information content (AvgIpc) is 2.55. The van der Waals surface area contributed by atoms with Gasteiger partial charge in [-0.2, -0.15) is 0 Å². The molecule has 1 saturated carbocycles. The van der Waals surface area contributed by atoms with Gasteiger partial charge in [0.05, 0.1) is 0 Å². The fourth-order valence-electron chi connectivity index (χ4n) is 2.68. The molecule has 6 heteroatoms. The molecule has 1 fully saturated rings. The van der Waals surface area contributed by atoms with Crippen molar-refractivity contribution in [3.63, 3.8) is 0 Å². The fourth-order valence-corrected chi connectivity index (χ4v) is 2.68. The van der Waals surface area contributed by atoms with Crippen molar-refractivity contribution in [2.45, 2.75) is 38.1 Å². The molecule has 0 aromatic carbocycles.